The number of rotatable bonds is 5. The molecule has 0 aromatic heterocycles. The molecule has 3 atom stereocenters. The summed E-state index contributed by atoms with van der Waals surface area (Å²) in [5.41, 5.74) is 3.34. The second-order valence-corrected chi connectivity index (χ2v) is 6.62. The highest BCUT2D eigenvalue weighted by molar-refractivity contribution is 5.95. The van der Waals surface area contributed by atoms with Gasteiger partial charge in [-0.25, -0.2) is 4.79 Å². The van der Waals surface area contributed by atoms with E-state index in [-0.39, 0.29) is 11.3 Å². The number of nitrogens with one attached hydrogen (secondary N) is 1. The zero-order chi connectivity index (χ0) is 17.6. The van der Waals surface area contributed by atoms with Gasteiger partial charge in [-0.15, -0.1) is 0 Å². The van der Waals surface area contributed by atoms with E-state index in [0.29, 0.717) is 23.4 Å². The van der Waals surface area contributed by atoms with Crippen LogP contribution in [0.3, 0.4) is 0 Å². The maximum Gasteiger partial charge on any atom is 0.344 e. The van der Waals surface area contributed by atoms with Crippen LogP contribution >= 0.6 is 0 Å². The minimum atomic E-state index is -0.701. The van der Waals surface area contributed by atoms with Gasteiger partial charge in [0.25, 0.3) is 5.69 Å². The van der Waals surface area contributed by atoms with Gasteiger partial charge in [-0.05, 0) is 47.4 Å². The number of carbonyl (C=O) groups is 1. The highest BCUT2D eigenvalue weighted by Crippen LogP contribution is 2.61. The lowest BCUT2D eigenvalue weighted by Gasteiger charge is -2.11. The van der Waals surface area contributed by atoms with Crippen molar-refractivity contribution in [1.29, 1.82) is 0 Å². The van der Waals surface area contributed by atoms with Gasteiger partial charge >= 0.3 is 5.97 Å². The average Bonchev–Trinajstić information content (AvgIpc) is 3.17. The van der Waals surface area contributed by atoms with Gasteiger partial charge in [-0.3, -0.25) is 10.1 Å². The van der Waals surface area contributed by atoms with Gasteiger partial charge < -0.3 is 10.1 Å². The van der Waals surface area contributed by atoms with Gasteiger partial charge in [0.1, 0.15) is 5.56 Å². The molecule has 0 heterocycles. The van der Waals surface area contributed by atoms with Crippen LogP contribution < -0.4 is 5.32 Å². The Morgan fingerprint density at radius 1 is 1.32 bits per heavy atom. The molecule has 0 amide bonds. The van der Waals surface area contributed by atoms with Crippen LogP contribution in [-0.4, -0.2) is 24.5 Å². The second kappa shape index (κ2) is 5.88. The Balaban J connectivity index is 1.46. The summed E-state index contributed by atoms with van der Waals surface area (Å²) in [6.45, 7) is 0.794. The van der Waals surface area contributed by atoms with Gasteiger partial charge in [0.2, 0.25) is 0 Å². The molecular formula is C19H18N2O4. The van der Waals surface area contributed by atoms with E-state index in [1.54, 1.807) is 6.07 Å². The number of nitrogens with zero attached hydrogens (tertiary/aromatic N) is 1. The van der Waals surface area contributed by atoms with Crippen LogP contribution in [0.25, 0.3) is 0 Å². The molecule has 4 rings (SSSR count). The van der Waals surface area contributed by atoms with Crippen molar-refractivity contribution in [2.24, 2.45) is 11.8 Å². The predicted molar refractivity (Wildman–Crippen MR) is 92.8 cm³/mol. The monoisotopic (exact) mass is 338 g/mol. The molecule has 3 unspecified atom stereocenters. The maximum atomic E-state index is 11.8. The largest absolute Gasteiger partial charge is 0.465 e. The van der Waals surface area contributed by atoms with E-state index in [9.17, 15) is 14.9 Å². The van der Waals surface area contributed by atoms with Crippen molar-refractivity contribution >= 4 is 17.3 Å². The fourth-order valence-electron chi connectivity index (χ4n) is 4.08. The van der Waals surface area contributed by atoms with Gasteiger partial charge in [0.15, 0.2) is 0 Å². The molecule has 6 nitrogen and oxygen atoms in total. The molecule has 25 heavy (non-hydrogen) atoms. The summed E-state index contributed by atoms with van der Waals surface area (Å²) in [5, 5.41) is 14.4. The summed E-state index contributed by atoms with van der Waals surface area (Å²) in [5.74, 6) is 1.17. The molecule has 2 aromatic carbocycles. The molecule has 2 aliphatic rings. The molecule has 6 heteroatoms. The van der Waals surface area contributed by atoms with Crippen molar-refractivity contribution in [2.45, 2.75) is 12.3 Å². The smallest absolute Gasteiger partial charge is 0.344 e. The fourth-order valence-corrected chi connectivity index (χ4v) is 4.08. The third-order valence-corrected chi connectivity index (χ3v) is 5.34. The van der Waals surface area contributed by atoms with Crippen LogP contribution in [0.4, 0.5) is 11.4 Å². The molecular weight excluding hydrogens is 320 g/mol. The highest BCUT2D eigenvalue weighted by atomic mass is 16.6. The van der Waals surface area contributed by atoms with E-state index in [1.165, 1.54) is 30.4 Å². The normalized spacial score (nSPS) is 22.7. The summed E-state index contributed by atoms with van der Waals surface area (Å²) in [6, 6.07) is 13.1. The molecule has 1 N–H and O–H groups in total. The fraction of sp³-hybridized carbons (Fsp3) is 0.316. The number of nitro groups is 1. The number of fused-ring (bicyclic) bond motifs is 3. The molecule has 0 aliphatic heterocycles. The van der Waals surface area contributed by atoms with Crippen LogP contribution in [0.1, 0.15) is 27.4 Å². The van der Waals surface area contributed by atoms with Crippen LogP contribution in [0.15, 0.2) is 42.5 Å². The summed E-state index contributed by atoms with van der Waals surface area (Å²) < 4.78 is 4.65. The molecule has 0 saturated heterocycles. The van der Waals surface area contributed by atoms with Gasteiger partial charge in [-0.1, -0.05) is 24.3 Å². The Morgan fingerprint density at radius 2 is 2.12 bits per heavy atom. The van der Waals surface area contributed by atoms with Crippen LogP contribution in [-0.2, 0) is 11.2 Å². The number of esters is 1. The number of ether oxygens (including phenoxy) is 1. The lowest BCUT2D eigenvalue weighted by atomic mass is 10.0. The number of carbonyl (C=O) groups excluding carboxylic acids is 1. The van der Waals surface area contributed by atoms with E-state index in [1.807, 2.05) is 0 Å². The Bertz CT molecular complexity index is 864. The van der Waals surface area contributed by atoms with E-state index in [0.717, 1.165) is 13.0 Å². The first-order valence-corrected chi connectivity index (χ1v) is 8.28. The molecule has 1 saturated carbocycles. The van der Waals surface area contributed by atoms with Crippen molar-refractivity contribution < 1.29 is 14.5 Å². The van der Waals surface area contributed by atoms with Gasteiger partial charge in [0, 0.05) is 18.3 Å². The third kappa shape index (κ3) is 2.63. The predicted octanol–water partition coefficient (Wildman–Crippen LogP) is 3.38. The van der Waals surface area contributed by atoms with E-state index >= 15 is 0 Å². The Labute approximate surface area is 145 Å². The molecule has 0 radical (unpaired) electrons. The number of anilines is 1. The topological polar surface area (TPSA) is 81.5 Å². The minimum Gasteiger partial charge on any atom is -0.465 e. The molecule has 2 aromatic rings. The first-order chi connectivity index (χ1) is 12.1. The molecule has 1 fully saturated rings. The van der Waals surface area contributed by atoms with Crippen molar-refractivity contribution in [3.63, 3.8) is 0 Å². The molecule has 2 aliphatic carbocycles. The van der Waals surface area contributed by atoms with Crippen LogP contribution in [0.5, 0.6) is 0 Å². The minimum absolute atomic E-state index is 0.0289. The molecule has 0 spiro atoms. The summed E-state index contributed by atoms with van der Waals surface area (Å²) in [6.07, 6.45) is 1.13. The zero-order valence-electron chi connectivity index (χ0n) is 13.8. The first-order valence-electron chi connectivity index (χ1n) is 8.28. The highest BCUT2D eigenvalue weighted by Gasteiger charge is 2.54. The average molecular weight is 338 g/mol. The number of benzene rings is 2. The summed E-state index contributed by atoms with van der Waals surface area (Å²) in [4.78, 5) is 22.3. The number of hydrogen-bond donors (Lipinski definition) is 1. The van der Waals surface area contributed by atoms with Gasteiger partial charge in [-0.2, -0.15) is 0 Å². The SMILES string of the molecule is COC(=O)c1cc(NCC2C3Cc4ccccc4C23)ccc1[N+](=O)[O-]. The number of nitro benzene ring substituents is 1. The third-order valence-electron chi connectivity index (χ3n) is 5.34. The van der Waals surface area contributed by atoms with Crippen molar-refractivity contribution in [2.75, 3.05) is 19.0 Å². The zero-order valence-corrected chi connectivity index (χ0v) is 13.8. The number of methoxy groups -OCH3 is 1. The van der Waals surface area contributed by atoms with Crippen molar-refractivity contribution in [3.8, 4) is 0 Å². The lowest BCUT2D eigenvalue weighted by molar-refractivity contribution is -0.385. The van der Waals surface area contributed by atoms with E-state index in [4.69, 9.17) is 0 Å². The van der Waals surface area contributed by atoms with Crippen LogP contribution in [0, 0.1) is 22.0 Å². The quantitative estimate of drug-likeness (QED) is 0.513. The molecule has 128 valence electrons. The first kappa shape index (κ1) is 15.6. The molecule has 0 bridgehead atoms. The van der Waals surface area contributed by atoms with E-state index < -0.39 is 10.9 Å². The van der Waals surface area contributed by atoms with Gasteiger partial charge in [0.05, 0.1) is 12.0 Å². The van der Waals surface area contributed by atoms with Crippen LogP contribution in [0.2, 0.25) is 0 Å². The van der Waals surface area contributed by atoms with E-state index in [2.05, 4.69) is 34.3 Å². The maximum absolute atomic E-state index is 11.8. The second-order valence-electron chi connectivity index (χ2n) is 6.62. The Morgan fingerprint density at radius 3 is 2.88 bits per heavy atom. The lowest BCUT2D eigenvalue weighted by Crippen LogP contribution is -2.10. The Kier molecular flexibility index (Phi) is 3.67. The van der Waals surface area contributed by atoms with Crippen molar-refractivity contribution in [1.82, 2.24) is 0 Å². The van der Waals surface area contributed by atoms with Crippen molar-refractivity contribution in [3.05, 3.63) is 69.3 Å². The standard InChI is InChI=1S/C19H18N2O4/c1-25-19(22)15-9-12(6-7-17(15)21(23)24)20-10-16-14-8-11-4-2-3-5-13(11)18(14)16/h2-7,9,14,16,18,20H,8,10H2,1H3. The Hall–Kier alpha value is -2.89. The summed E-state index contributed by atoms with van der Waals surface area (Å²) in [7, 11) is 1.22. The summed E-state index contributed by atoms with van der Waals surface area (Å²) >= 11 is 0. The number of hydrogen-bond acceptors (Lipinski definition) is 5.